The number of rotatable bonds is 12. The Bertz CT molecular complexity index is 425. The first-order valence-electron chi connectivity index (χ1n) is 6.44. The summed E-state index contributed by atoms with van der Waals surface area (Å²) < 4.78 is 4.89. The van der Waals surface area contributed by atoms with Crippen LogP contribution in [0, 0.1) is 5.92 Å². The summed E-state index contributed by atoms with van der Waals surface area (Å²) in [6.45, 7) is -0.746. The zero-order chi connectivity index (χ0) is 17.3. The molecule has 3 atom stereocenters. The van der Waals surface area contributed by atoms with Crippen LogP contribution in [0.3, 0.4) is 0 Å². The molecular weight excluding hydrogens is 300 g/mol. The quantitative estimate of drug-likeness (QED) is 0.276. The molecular formula is C12H20N2O8. The van der Waals surface area contributed by atoms with Gasteiger partial charge in [0, 0.05) is 12.8 Å². The molecule has 0 aromatic heterocycles. The first-order chi connectivity index (χ1) is 10.1. The first-order valence-corrected chi connectivity index (χ1v) is 6.44. The largest absolute Gasteiger partial charge is 0.481 e. The van der Waals surface area contributed by atoms with Crippen LogP contribution < -0.4 is 11.5 Å². The number of hydrogen-bond acceptors (Lipinski definition) is 7. The van der Waals surface area contributed by atoms with E-state index in [4.69, 9.17) is 31.5 Å². The molecule has 0 aliphatic heterocycles. The Kier molecular flexibility index (Phi) is 8.91. The van der Waals surface area contributed by atoms with Crippen molar-refractivity contribution in [2.24, 2.45) is 17.4 Å². The molecule has 22 heavy (non-hydrogen) atoms. The average Bonchev–Trinajstić information content (AvgIpc) is 2.42. The van der Waals surface area contributed by atoms with Gasteiger partial charge in [0.2, 0.25) is 0 Å². The number of Topliss-reactive ketones (excluding diaryl/α,β-unsaturated/α-hetero) is 1. The van der Waals surface area contributed by atoms with Gasteiger partial charge in [0.25, 0.3) is 0 Å². The normalized spacial score (nSPS) is 14.8. The summed E-state index contributed by atoms with van der Waals surface area (Å²) >= 11 is 0. The van der Waals surface area contributed by atoms with Crippen LogP contribution in [0.5, 0.6) is 0 Å². The molecule has 0 aliphatic rings. The van der Waals surface area contributed by atoms with Gasteiger partial charge < -0.3 is 31.5 Å². The highest BCUT2D eigenvalue weighted by atomic mass is 16.5. The summed E-state index contributed by atoms with van der Waals surface area (Å²) in [5, 5.41) is 26.1. The lowest BCUT2D eigenvalue weighted by Gasteiger charge is -2.14. The van der Waals surface area contributed by atoms with E-state index in [1.807, 2.05) is 0 Å². The predicted octanol–water partition coefficient (Wildman–Crippen LogP) is -1.73. The molecule has 126 valence electrons. The number of carbonyl (C=O) groups is 4. The lowest BCUT2D eigenvalue weighted by Crippen LogP contribution is -2.36. The Labute approximate surface area is 126 Å². The summed E-state index contributed by atoms with van der Waals surface area (Å²) in [7, 11) is 0. The zero-order valence-electron chi connectivity index (χ0n) is 11.8. The van der Waals surface area contributed by atoms with E-state index in [2.05, 4.69) is 0 Å². The third-order valence-electron chi connectivity index (χ3n) is 2.81. The van der Waals surface area contributed by atoms with E-state index >= 15 is 0 Å². The number of carboxylic acids is 3. The van der Waals surface area contributed by atoms with Crippen LogP contribution in [0.1, 0.15) is 19.3 Å². The smallest absolute Gasteiger partial charge is 0.322 e. The molecule has 0 rings (SSSR count). The Morgan fingerprint density at radius 1 is 0.864 bits per heavy atom. The average molecular weight is 320 g/mol. The molecule has 0 amide bonds. The molecule has 0 radical (unpaired) electrons. The van der Waals surface area contributed by atoms with Gasteiger partial charge in [-0.15, -0.1) is 0 Å². The molecule has 10 nitrogen and oxygen atoms in total. The third kappa shape index (κ3) is 8.29. The number of ether oxygens (including phenoxy) is 1. The van der Waals surface area contributed by atoms with Crippen LogP contribution in [0.2, 0.25) is 0 Å². The number of carbonyl (C=O) groups excluding carboxylic acids is 1. The summed E-state index contributed by atoms with van der Waals surface area (Å²) in [6.07, 6.45) is -0.610. The van der Waals surface area contributed by atoms with E-state index in [0.717, 1.165) is 0 Å². The first kappa shape index (κ1) is 20.0. The Morgan fingerprint density at radius 3 is 1.86 bits per heavy atom. The molecule has 0 saturated carbocycles. The van der Waals surface area contributed by atoms with Crippen molar-refractivity contribution < 1.29 is 39.2 Å². The number of hydrogen-bond donors (Lipinski definition) is 5. The SMILES string of the molecule is N[C@H](CCC(=O)C[C@@H](COC[C@@H](N)C(=O)O)C(=O)O)C(=O)O. The number of nitrogens with two attached hydrogens (primary N) is 2. The van der Waals surface area contributed by atoms with Crippen LogP contribution in [0.4, 0.5) is 0 Å². The highest BCUT2D eigenvalue weighted by molar-refractivity contribution is 5.84. The van der Waals surface area contributed by atoms with Gasteiger partial charge >= 0.3 is 17.9 Å². The van der Waals surface area contributed by atoms with E-state index in [-0.39, 0.29) is 32.5 Å². The fourth-order valence-electron chi connectivity index (χ4n) is 1.44. The highest BCUT2D eigenvalue weighted by Gasteiger charge is 2.23. The van der Waals surface area contributed by atoms with E-state index < -0.39 is 41.7 Å². The van der Waals surface area contributed by atoms with Gasteiger partial charge in [-0.25, -0.2) is 0 Å². The van der Waals surface area contributed by atoms with Gasteiger partial charge in [0.15, 0.2) is 0 Å². The fraction of sp³-hybridized carbons (Fsp3) is 0.667. The Balaban J connectivity index is 4.23. The van der Waals surface area contributed by atoms with Crippen molar-refractivity contribution in [1.82, 2.24) is 0 Å². The number of aliphatic carboxylic acids is 3. The minimum atomic E-state index is -1.29. The van der Waals surface area contributed by atoms with Crippen molar-refractivity contribution in [3.8, 4) is 0 Å². The van der Waals surface area contributed by atoms with Crippen molar-refractivity contribution in [2.45, 2.75) is 31.3 Å². The van der Waals surface area contributed by atoms with Gasteiger partial charge in [-0.05, 0) is 6.42 Å². The summed E-state index contributed by atoms with van der Waals surface area (Å²) in [5.74, 6) is -5.43. The van der Waals surface area contributed by atoms with Crippen LogP contribution in [-0.2, 0) is 23.9 Å². The standard InChI is InChI=1S/C12H20N2O8/c13-8(11(18)19)2-1-7(15)3-6(10(16)17)4-22-5-9(14)12(20)21/h6,8-9H,1-5,13-14H2,(H,16,17)(H,18,19)(H,20,21)/t6-,8+,9+/m0/s1. The zero-order valence-corrected chi connectivity index (χ0v) is 11.8. The lowest BCUT2D eigenvalue weighted by atomic mass is 9.99. The molecule has 0 heterocycles. The third-order valence-corrected chi connectivity index (χ3v) is 2.81. The van der Waals surface area contributed by atoms with Crippen molar-refractivity contribution >= 4 is 23.7 Å². The maximum Gasteiger partial charge on any atom is 0.322 e. The van der Waals surface area contributed by atoms with Crippen LogP contribution in [-0.4, -0.2) is 64.3 Å². The molecule has 0 aliphatic carbocycles. The van der Waals surface area contributed by atoms with Crippen molar-refractivity contribution in [2.75, 3.05) is 13.2 Å². The van der Waals surface area contributed by atoms with Crippen molar-refractivity contribution in [3.63, 3.8) is 0 Å². The highest BCUT2D eigenvalue weighted by Crippen LogP contribution is 2.09. The minimum absolute atomic E-state index is 0.0920. The fourth-order valence-corrected chi connectivity index (χ4v) is 1.44. The summed E-state index contributed by atoms with van der Waals surface area (Å²) in [6, 6.07) is -2.46. The van der Waals surface area contributed by atoms with Crippen LogP contribution in [0.25, 0.3) is 0 Å². The van der Waals surface area contributed by atoms with E-state index in [9.17, 15) is 19.2 Å². The van der Waals surface area contributed by atoms with Crippen LogP contribution >= 0.6 is 0 Å². The topological polar surface area (TPSA) is 190 Å². The summed E-state index contributed by atoms with van der Waals surface area (Å²) in [5.41, 5.74) is 10.4. The van der Waals surface area contributed by atoms with E-state index in [1.165, 1.54) is 0 Å². The molecule has 7 N–H and O–H groups in total. The number of carboxylic acid groups (broad SMARTS) is 3. The molecule has 0 aromatic rings. The maximum atomic E-state index is 11.6. The van der Waals surface area contributed by atoms with Crippen molar-refractivity contribution in [1.29, 1.82) is 0 Å². The number of ketones is 1. The molecule has 0 aromatic carbocycles. The minimum Gasteiger partial charge on any atom is -0.481 e. The molecule has 0 saturated heterocycles. The van der Waals surface area contributed by atoms with Gasteiger partial charge in [-0.1, -0.05) is 0 Å². The summed E-state index contributed by atoms with van der Waals surface area (Å²) in [4.78, 5) is 43.5. The van der Waals surface area contributed by atoms with Gasteiger partial charge in [-0.3, -0.25) is 19.2 Å². The molecule has 10 heteroatoms. The molecule has 0 spiro atoms. The second-order valence-electron chi connectivity index (χ2n) is 4.74. The molecule has 0 bridgehead atoms. The Morgan fingerprint density at radius 2 is 1.41 bits per heavy atom. The molecule has 0 fully saturated rings. The predicted molar refractivity (Wildman–Crippen MR) is 72.0 cm³/mol. The Hall–Kier alpha value is -2.04. The van der Waals surface area contributed by atoms with Crippen molar-refractivity contribution in [3.05, 3.63) is 0 Å². The second-order valence-corrected chi connectivity index (χ2v) is 4.74. The van der Waals surface area contributed by atoms with E-state index in [1.54, 1.807) is 0 Å². The monoisotopic (exact) mass is 320 g/mol. The van der Waals surface area contributed by atoms with Gasteiger partial charge in [0.1, 0.15) is 17.9 Å². The lowest BCUT2D eigenvalue weighted by molar-refractivity contribution is -0.147. The second kappa shape index (κ2) is 9.82. The molecule has 0 unspecified atom stereocenters. The van der Waals surface area contributed by atoms with Gasteiger partial charge in [-0.2, -0.15) is 0 Å². The maximum absolute atomic E-state index is 11.6. The van der Waals surface area contributed by atoms with E-state index in [0.29, 0.717) is 0 Å². The van der Waals surface area contributed by atoms with Gasteiger partial charge in [0.05, 0.1) is 19.1 Å². The van der Waals surface area contributed by atoms with Crippen LogP contribution in [0.15, 0.2) is 0 Å².